The third-order valence-electron chi connectivity index (χ3n) is 9.50. The number of furan rings is 1. The average Bonchev–Trinajstić information content (AvgIpc) is 3.96. The van der Waals surface area contributed by atoms with Crippen molar-refractivity contribution in [2.45, 2.75) is 0 Å². The van der Waals surface area contributed by atoms with Gasteiger partial charge in [-0.3, -0.25) is 0 Å². The van der Waals surface area contributed by atoms with Crippen LogP contribution >= 0.6 is 0 Å². The number of hydrogen-bond acceptors (Lipinski definition) is 4. The summed E-state index contributed by atoms with van der Waals surface area (Å²) in [6, 6.07) is 17.7. The van der Waals surface area contributed by atoms with Crippen LogP contribution in [0.3, 0.4) is 0 Å². The SMILES string of the molecule is [2H]c1c([2H])c([2H])c(-c2c([2H])c([2H])c(-n3c4c([2H])c([2H])c([2H])c([2H])c4c4c([2H])c(-c5nc(-c6ccc(-c7ccccc7)cc6)nc(-c6cccc7oc8ccccc8c67)n5)c([2H])c([2H])c43)c([2H])c2[2H])c([2H])c1[2H]. The molecule has 0 fully saturated rings. The van der Waals surface area contributed by atoms with E-state index in [1.165, 1.54) is 0 Å². The number of fused-ring (bicyclic) bond motifs is 6. The van der Waals surface area contributed by atoms with Crippen molar-refractivity contribution in [1.82, 2.24) is 19.5 Å². The van der Waals surface area contributed by atoms with E-state index in [4.69, 9.17) is 31.7 Å². The van der Waals surface area contributed by atoms with Crippen molar-refractivity contribution in [2.24, 2.45) is 0 Å². The summed E-state index contributed by atoms with van der Waals surface area (Å²) in [5.41, 5.74) is 0.909. The van der Waals surface area contributed by atoms with Crippen molar-refractivity contribution in [1.29, 1.82) is 0 Å². The van der Waals surface area contributed by atoms with Crippen LogP contribution in [-0.4, -0.2) is 19.5 Å². The van der Waals surface area contributed by atoms with Crippen molar-refractivity contribution in [3.63, 3.8) is 0 Å². The lowest BCUT2D eigenvalue weighted by atomic mass is 10.0. The molecule has 0 saturated heterocycles. The highest BCUT2D eigenvalue weighted by Crippen LogP contribution is 2.38. The Morgan fingerprint density at radius 1 is 0.411 bits per heavy atom. The normalized spacial score (nSPS) is 15.6. The van der Waals surface area contributed by atoms with Crippen LogP contribution in [0.25, 0.3) is 106 Å². The zero-order valence-corrected chi connectivity index (χ0v) is 28.9. The maximum Gasteiger partial charge on any atom is 0.164 e. The molecule has 3 aromatic heterocycles. The molecule has 0 amide bonds. The second-order valence-electron chi connectivity index (χ2n) is 12.8. The fourth-order valence-corrected chi connectivity index (χ4v) is 6.91. The van der Waals surface area contributed by atoms with Crippen LogP contribution in [0.2, 0.25) is 0 Å². The van der Waals surface area contributed by atoms with Crippen molar-refractivity contribution in [2.75, 3.05) is 0 Å². The summed E-state index contributed by atoms with van der Waals surface area (Å²) in [5.74, 6) is -0.0137. The van der Waals surface area contributed by atoms with E-state index in [1.807, 2.05) is 78.9 Å². The molecule has 5 heteroatoms. The standard InChI is InChI=1S/C51H32N4O/c1-3-12-33(13-4-1)35-22-24-37(25-23-35)49-52-50(54-51(53-49)42-18-11-21-47-48(42)41-17-8-10-20-46(41)56-47)38-28-31-45-43(32-38)40-16-7-9-19-44(40)55(45)39-29-26-36(27-30-39)34-14-5-2-6-15-34/h1-32H/i2D,5D,6D,7D,9D,14D,15D,16D,19D,26D,27D,28D,29D,30D,31D,32D. The highest BCUT2D eigenvalue weighted by atomic mass is 16.3. The molecule has 0 unspecified atom stereocenters. The first kappa shape index (κ1) is 19.6. The molecule has 262 valence electrons. The van der Waals surface area contributed by atoms with Crippen LogP contribution in [0.4, 0.5) is 0 Å². The number of benzene rings is 8. The zero-order valence-electron chi connectivity index (χ0n) is 44.9. The van der Waals surface area contributed by atoms with Crippen LogP contribution in [0, 0.1) is 0 Å². The Morgan fingerprint density at radius 2 is 1.04 bits per heavy atom. The first-order valence-corrected chi connectivity index (χ1v) is 17.5. The Kier molecular flexibility index (Phi) is 4.57. The fraction of sp³-hybridized carbons (Fsp3) is 0. The third-order valence-corrected chi connectivity index (χ3v) is 9.50. The molecule has 11 rings (SSSR count). The molecule has 3 heterocycles. The van der Waals surface area contributed by atoms with Gasteiger partial charge >= 0.3 is 0 Å². The molecule has 0 aliphatic heterocycles. The van der Waals surface area contributed by atoms with Gasteiger partial charge in [0, 0.05) is 43.9 Å². The van der Waals surface area contributed by atoms with Crippen LogP contribution in [-0.2, 0) is 0 Å². The van der Waals surface area contributed by atoms with E-state index in [-0.39, 0.29) is 33.8 Å². The Morgan fingerprint density at radius 3 is 1.88 bits per heavy atom. The second kappa shape index (κ2) is 13.0. The van der Waals surface area contributed by atoms with Gasteiger partial charge in [-0.1, -0.05) is 145 Å². The summed E-state index contributed by atoms with van der Waals surface area (Å²) < 4.78 is 151. The molecule has 11 aromatic rings. The smallest absolute Gasteiger partial charge is 0.164 e. The molecule has 0 bridgehead atoms. The molecule has 0 saturated carbocycles. The molecular formula is C51H32N4O. The van der Waals surface area contributed by atoms with Crippen LogP contribution in [0.15, 0.2) is 198 Å². The van der Waals surface area contributed by atoms with Crippen LogP contribution < -0.4 is 0 Å². The van der Waals surface area contributed by atoms with E-state index in [2.05, 4.69) is 0 Å². The van der Waals surface area contributed by atoms with Gasteiger partial charge in [0.1, 0.15) is 11.2 Å². The lowest BCUT2D eigenvalue weighted by Gasteiger charge is -2.11. The monoisotopic (exact) mass is 732 g/mol. The van der Waals surface area contributed by atoms with Gasteiger partial charge in [-0.05, 0) is 70.6 Å². The fourth-order valence-electron chi connectivity index (χ4n) is 6.91. The van der Waals surface area contributed by atoms with E-state index in [0.29, 0.717) is 27.7 Å². The second-order valence-corrected chi connectivity index (χ2v) is 12.8. The van der Waals surface area contributed by atoms with Gasteiger partial charge in [-0.2, -0.15) is 0 Å². The van der Waals surface area contributed by atoms with E-state index in [9.17, 15) is 9.60 Å². The topological polar surface area (TPSA) is 56.7 Å². The Bertz CT molecular complexity index is 4120. The zero-order chi connectivity index (χ0) is 50.9. The minimum atomic E-state index is -0.878. The van der Waals surface area contributed by atoms with Gasteiger partial charge in [0.05, 0.1) is 33.0 Å². The lowest BCUT2D eigenvalue weighted by Crippen LogP contribution is -2.00. The van der Waals surface area contributed by atoms with Crippen molar-refractivity contribution in [3.8, 4) is 62.1 Å². The van der Waals surface area contributed by atoms with Gasteiger partial charge in [0.25, 0.3) is 0 Å². The van der Waals surface area contributed by atoms with Gasteiger partial charge in [-0.15, -0.1) is 0 Å². The maximum atomic E-state index is 9.95. The van der Waals surface area contributed by atoms with E-state index < -0.39 is 125 Å². The predicted octanol–water partition coefficient (Wildman–Crippen LogP) is 13.2. The largest absolute Gasteiger partial charge is 0.456 e. The minimum absolute atomic E-state index is 0.108. The number of hydrogen-bond donors (Lipinski definition) is 0. The van der Waals surface area contributed by atoms with Crippen molar-refractivity contribution in [3.05, 3.63) is 194 Å². The van der Waals surface area contributed by atoms with Crippen LogP contribution in [0.5, 0.6) is 0 Å². The molecular weight excluding hydrogens is 685 g/mol. The lowest BCUT2D eigenvalue weighted by molar-refractivity contribution is 0.669. The van der Waals surface area contributed by atoms with Gasteiger partial charge in [-0.25, -0.2) is 15.0 Å². The number of aromatic nitrogens is 4. The molecule has 0 aliphatic rings. The Balaban J connectivity index is 1.22. The number of nitrogens with zero attached hydrogens (tertiary/aromatic N) is 4. The first-order valence-electron chi connectivity index (χ1n) is 25.5. The highest BCUT2D eigenvalue weighted by Gasteiger charge is 2.19. The van der Waals surface area contributed by atoms with E-state index in [0.717, 1.165) is 21.1 Å². The molecule has 0 N–H and O–H groups in total. The number of para-hydroxylation sites is 2. The minimum Gasteiger partial charge on any atom is -0.456 e. The summed E-state index contributed by atoms with van der Waals surface area (Å²) >= 11 is 0. The third kappa shape index (κ3) is 5.37. The summed E-state index contributed by atoms with van der Waals surface area (Å²) in [6.45, 7) is 0. The Hall–Kier alpha value is -7.63. The molecule has 8 aromatic carbocycles. The molecule has 56 heavy (non-hydrogen) atoms. The van der Waals surface area contributed by atoms with Crippen molar-refractivity contribution >= 4 is 43.7 Å². The summed E-state index contributed by atoms with van der Waals surface area (Å²) in [4.78, 5) is 14.7. The summed E-state index contributed by atoms with van der Waals surface area (Å²) in [7, 11) is 0. The van der Waals surface area contributed by atoms with Gasteiger partial charge < -0.3 is 8.98 Å². The van der Waals surface area contributed by atoms with Gasteiger partial charge in [0.2, 0.25) is 0 Å². The summed E-state index contributed by atoms with van der Waals surface area (Å²) in [5, 5.41) is 0.760. The highest BCUT2D eigenvalue weighted by molar-refractivity contribution is 6.12. The van der Waals surface area contributed by atoms with Crippen LogP contribution in [0.1, 0.15) is 21.9 Å². The average molecular weight is 733 g/mol. The first-order chi connectivity index (χ1) is 34.4. The molecule has 0 aliphatic carbocycles. The van der Waals surface area contributed by atoms with E-state index >= 15 is 0 Å². The number of rotatable bonds is 6. The Labute approximate surface area is 345 Å². The predicted molar refractivity (Wildman–Crippen MR) is 229 cm³/mol. The van der Waals surface area contributed by atoms with Gasteiger partial charge in [0.15, 0.2) is 17.5 Å². The summed E-state index contributed by atoms with van der Waals surface area (Å²) in [6.07, 6.45) is 0. The molecule has 0 radical (unpaired) electrons. The van der Waals surface area contributed by atoms with Crippen molar-refractivity contribution < 1.29 is 26.3 Å². The molecule has 0 atom stereocenters. The quantitative estimate of drug-likeness (QED) is 0.171. The molecule has 0 spiro atoms. The van der Waals surface area contributed by atoms with E-state index in [1.54, 1.807) is 18.2 Å². The molecule has 5 nitrogen and oxygen atoms in total. The maximum absolute atomic E-state index is 9.95.